The Hall–Kier alpha value is -4.05. The van der Waals surface area contributed by atoms with Gasteiger partial charge in [0.05, 0.1) is 24.8 Å². The second-order valence-corrected chi connectivity index (χ2v) is 11.6. The molecule has 2 amide bonds. The van der Waals surface area contributed by atoms with Crippen LogP contribution in [0.1, 0.15) is 31.9 Å². The predicted octanol–water partition coefficient (Wildman–Crippen LogP) is 4.15. The molecule has 0 aromatic heterocycles. The molecule has 0 aliphatic carbocycles. The topological polar surface area (TPSA) is 105 Å². The summed E-state index contributed by atoms with van der Waals surface area (Å²) in [6.07, 6.45) is 0. The van der Waals surface area contributed by atoms with Crippen LogP contribution in [0.25, 0.3) is 0 Å². The summed E-state index contributed by atoms with van der Waals surface area (Å²) < 4.78 is 39.8. The minimum atomic E-state index is -4.23. The highest BCUT2D eigenvalue weighted by molar-refractivity contribution is 7.92. The number of nitrogens with zero attached hydrogens (tertiary/aromatic N) is 2. The number of carbonyl (C=O) groups is 2. The molecule has 3 aromatic rings. The molecule has 0 aliphatic heterocycles. The Morgan fingerprint density at radius 2 is 1.55 bits per heavy atom. The van der Waals surface area contributed by atoms with Gasteiger partial charge < -0.3 is 19.7 Å². The highest BCUT2D eigenvalue weighted by Crippen LogP contribution is 2.36. The Kier molecular flexibility index (Phi) is 10.2. The fraction of sp³-hybridized carbons (Fsp3) is 0.333. The van der Waals surface area contributed by atoms with Crippen molar-refractivity contribution < 1.29 is 27.5 Å². The van der Waals surface area contributed by atoms with E-state index in [0.29, 0.717) is 5.75 Å². The maximum atomic E-state index is 14.0. The van der Waals surface area contributed by atoms with Gasteiger partial charge in [-0.25, -0.2) is 8.42 Å². The Balaban J connectivity index is 2.10. The number of ether oxygens (including phenoxy) is 2. The van der Waals surface area contributed by atoms with E-state index in [0.717, 1.165) is 15.4 Å². The molecule has 1 atom stereocenters. The Bertz CT molecular complexity index is 1410. The summed E-state index contributed by atoms with van der Waals surface area (Å²) in [6, 6.07) is 19.2. The first kappa shape index (κ1) is 30.5. The number of amides is 2. The second kappa shape index (κ2) is 13.3. The zero-order valence-corrected chi connectivity index (χ0v) is 24.6. The Labute approximate surface area is 236 Å². The van der Waals surface area contributed by atoms with Crippen molar-refractivity contribution in [3.8, 4) is 11.5 Å². The zero-order chi connectivity index (χ0) is 29.4. The summed E-state index contributed by atoms with van der Waals surface area (Å²) in [7, 11) is -1.35. The van der Waals surface area contributed by atoms with Crippen LogP contribution in [0.3, 0.4) is 0 Å². The van der Waals surface area contributed by atoms with E-state index in [4.69, 9.17) is 9.47 Å². The first-order valence-electron chi connectivity index (χ1n) is 12.9. The molecule has 3 aromatic carbocycles. The summed E-state index contributed by atoms with van der Waals surface area (Å²) in [4.78, 5) is 28.5. The van der Waals surface area contributed by atoms with Crippen molar-refractivity contribution in [3.05, 3.63) is 83.9 Å². The number of benzene rings is 3. The highest BCUT2D eigenvalue weighted by Gasteiger charge is 2.34. The first-order chi connectivity index (χ1) is 19.0. The monoisotopic (exact) mass is 567 g/mol. The van der Waals surface area contributed by atoms with Crippen molar-refractivity contribution in [2.45, 2.75) is 51.2 Å². The average molecular weight is 568 g/mol. The first-order valence-corrected chi connectivity index (χ1v) is 14.4. The van der Waals surface area contributed by atoms with Crippen molar-refractivity contribution in [1.29, 1.82) is 0 Å². The summed E-state index contributed by atoms with van der Waals surface area (Å²) in [5, 5.41) is 2.85. The van der Waals surface area contributed by atoms with E-state index >= 15 is 0 Å². The van der Waals surface area contributed by atoms with Gasteiger partial charge in [-0.3, -0.25) is 13.9 Å². The van der Waals surface area contributed by atoms with Crippen LogP contribution in [0.15, 0.2) is 77.7 Å². The van der Waals surface area contributed by atoms with Gasteiger partial charge in [-0.2, -0.15) is 0 Å². The largest absolute Gasteiger partial charge is 0.497 e. The molecule has 3 rings (SSSR count). The third-order valence-electron chi connectivity index (χ3n) is 6.34. The van der Waals surface area contributed by atoms with Gasteiger partial charge in [-0.05, 0) is 57.5 Å². The van der Waals surface area contributed by atoms with Crippen LogP contribution in [0.5, 0.6) is 11.5 Å². The summed E-state index contributed by atoms with van der Waals surface area (Å²) in [6.45, 7) is 6.79. The third kappa shape index (κ3) is 7.32. The molecule has 0 radical (unpaired) electrons. The van der Waals surface area contributed by atoms with E-state index in [1.165, 1.54) is 37.3 Å². The number of anilines is 1. The predicted molar refractivity (Wildman–Crippen MR) is 155 cm³/mol. The number of nitrogens with one attached hydrogen (secondary N) is 1. The van der Waals surface area contributed by atoms with Gasteiger partial charge in [0.15, 0.2) is 0 Å². The standard InChI is InChI=1S/C30H37N3O6S/c1-21(2)31-30(35)23(4)32(19-24-14-12-22(3)13-15-24)29(34)20-33(40(36,37)26-10-8-7-9-11-26)27-18-25(38-5)16-17-28(27)39-6/h7-18,21,23H,19-20H2,1-6H3,(H,31,35). The second-order valence-electron chi connectivity index (χ2n) is 9.71. The van der Waals surface area contributed by atoms with E-state index in [9.17, 15) is 18.0 Å². The normalized spacial score (nSPS) is 12.0. The molecular weight excluding hydrogens is 530 g/mol. The lowest BCUT2D eigenvalue weighted by Crippen LogP contribution is -2.52. The molecule has 0 spiro atoms. The third-order valence-corrected chi connectivity index (χ3v) is 8.11. The molecule has 0 saturated heterocycles. The van der Waals surface area contributed by atoms with Gasteiger partial charge in [-0.15, -0.1) is 0 Å². The van der Waals surface area contributed by atoms with E-state index in [-0.39, 0.29) is 34.8 Å². The van der Waals surface area contributed by atoms with Crippen LogP contribution >= 0.6 is 0 Å². The SMILES string of the molecule is COc1ccc(OC)c(N(CC(=O)N(Cc2ccc(C)cc2)C(C)C(=O)NC(C)C)S(=O)(=O)c2ccccc2)c1. The number of carbonyl (C=O) groups excluding carboxylic acids is 2. The van der Waals surface area contributed by atoms with E-state index in [2.05, 4.69) is 5.32 Å². The molecular formula is C30H37N3O6S. The van der Waals surface area contributed by atoms with Crippen LogP contribution in [0, 0.1) is 6.92 Å². The minimum Gasteiger partial charge on any atom is -0.497 e. The minimum absolute atomic E-state index is 0.00311. The van der Waals surface area contributed by atoms with E-state index in [1.54, 1.807) is 37.3 Å². The quantitative estimate of drug-likeness (QED) is 0.353. The van der Waals surface area contributed by atoms with E-state index < -0.39 is 28.5 Å². The number of methoxy groups -OCH3 is 2. The molecule has 1 N–H and O–H groups in total. The van der Waals surface area contributed by atoms with Crippen LogP contribution < -0.4 is 19.1 Å². The molecule has 0 aliphatic rings. The lowest BCUT2D eigenvalue weighted by Gasteiger charge is -2.32. The van der Waals surface area contributed by atoms with Gasteiger partial charge in [0.1, 0.15) is 24.1 Å². The highest BCUT2D eigenvalue weighted by atomic mass is 32.2. The fourth-order valence-electron chi connectivity index (χ4n) is 4.10. The molecule has 0 heterocycles. The maximum absolute atomic E-state index is 14.0. The van der Waals surface area contributed by atoms with Gasteiger partial charge in [0, 0.05) is 18.7 Å². The van der Waals surface area contributed by atoms with Crippen molar-refractivity contribution in [1.82, 2.24) is 10.2 Å². The van der Waals surface area contributed by atoms with Crippen LogP contribution in [0.2, 0.25) is 0 Å². The number of aryl methyl sites for hydroxylation is 1. The van der Waals surface area contributed by atoms with Crippen molar-refractivity contribution in [2.75, 3.05) is 25.1 Å². The molecule has 40 heavy (non-hydrogen) atoms. The summed E-state index contributed by atoms with van der Waals surface area (Å²) >= 11 is 0. The number of hydrogen-bond donors (Lipinski definition) is 1. The van der Waals surface area contributed by atoms with Gasteiger partial charge in [0.25, 0.3) is 10.0 Å². The number of sulfonamides is 1. The Morgan fingerprint density at radius 1 is 0.900 bits per heavy atom. The number of hydrogen-bond acceptors (Lipinski definition) is 6. The van der Waals surface area contributed by atoms with Crippen molar-refractivity contribution >= 4 is 27.5 Å². The van der Waals surface area contributed by atoms with Crippen LogP contribution in [-0.2, 0) is 26.2 Å². The lowest BCUT2D eigenvalue weighted by molar-refractivity contribution is -0.139. The average Bonchev–Trinajstić information content (AvgIpc) is 2.94. The molecule has 214 valence electrons. The van der Waals surface area contributed by atoms with Crippen LogP contribution in [-0.4, -0.2) is 58.0 Å². The summed E-state index contributed by atoms with van der Waals surface area (Å²) in [5.74, 6) is -0.273. The molecule has 0 bridgehead atoms. The van der Waals surface area contributed by atoms with Gasteiger partial charge in [0.2, 0.25) is 11.8 Å². The molecule has 10 heteroatoms. The van der Waals surface area contributed by atoms with Crippen LogP contribution in [0.4, 0.5) is 5.69 Å². The number of rotatable bonds is 12. The fourth-order valence-corrected chi connectivity index (χ4v) is 5.54. The van der Waals surface area contributed by atoms with E-state index in [1.807, 2.05) is 45.0 Å². The Morgan fingerprint density at radius 3 is 2.12 bits per heavy atom. The molecule has 1 unspecified atom stereocenters. The van der Waals surface area contributed by atoms with Gasteiger partial charge >= 0.3 is 0 Å². The lowest BCUT2D eigenvalue weighted by atomic mass is 10.1. The van der Waals surface area contributed by atoms with Gasteiger partial charge in [-0.1, -0.05) is 48.0 Å². The molecule has 0 saturated carbocycles. The molecule has 9 nitrogen and oxygen atoms in total. The van der Waals surface area contributed by atoms with Crippen molar-refractivity contribution in [2.24, 2.45) is 0 Å². The van der Waals surface area contributed by atoms with Crippen molar-refractivity contribution in [3.63, 3.8) is 0 Å². The maximum Gasteiger partial charge on any atom is 0.264 e. The zero-order valence-electron chi connectivity index (χ0n) is 23.7. The smallest absolute Gasteiger partial charge is 0.264 e. The summed E-state index contributed by atoms with van der Waals surface area (Å²) in [5.41, 5.74) is 1.99. The molecule has 0 fully saturated rings.